The maximum absolute atomic E-state index is 11.7. The Bertz CT molecular complexity index is 584. The molecule has 0 saturated carbocycles. The number of likely N-dealkylation sites (tertiary alicyclic amines) is 1. The van der Waals surface area contributed by atoms with Crippen LogP contribution in [0.5, 0.6) is 5.75 Å². The molecule has 0 aliphatic carbocycles. The highest BCUT2D eigenvalue weighted by molar-refractivity contribution is 5.69. The van der Waals surface area contributed by atoms with Crippen molar-refractivity contribution in [2.45, 2.75) is 31.7 Å². The number of carbonyl (C=O) groups is 1. The van der Waals surface area contributed by atoms with E-state index in [0.29, 0.717) is 18.6 Å². The van der Waals surface area contributed by atoms with Crippen molar-refractivity contribution in [3.05, 3.63) is 29.8 Å². The van der Waals surface area contributed by atoms with Gasteiger partial charge in [-0.1, -0.05) is 18.2 Å². The lowest BCUT2D eigenvalue weighted by molar-refractivity contribution is 0.108. The Hall–Kier alpha value is -1.75. The smallest absolute Gasteiger partial charge is 0.410 e. The molecule has 0 unspecified atom stereocenters. The topological polar surface area (TPSA) is 42.0 Å². The van der Waals surface area contributed by atoms with Crippen molar-refractivity contribution >= 4 is 6.09 Å². The second-order valence-corrected chi connectivity index (χ2v) is 7.15. The Labute approximate surface area is 143 Å². The monoisotopic (exact) mass is 330 g/mol. The molecule has 1 atom stereocenters. The van der Waals surface area contributed by atoms with Crippen LogP contribution in [0.3, 0.4) is 0 Å². The normalized spacial score (nSPS) is 25.8. The molecule has 0 spiro atoms. The summed E-state index contributed by atoms with van der Waals surface area (Å²) in [5.74, 6) is 1.72. The van der Waals surface area contributed by atoms with Gasteiger partial charge in [-0.2, -0.15) is 0 Å². The van der Waals surface area contributed by atoms with E-state index >= 15 is 0 Å². The molecule has 0 bridgehead atoms. The molecule has 4 rings (SSSR count). The number of amides is 1. The molecule has 1 aromatic carbocycles. The molecule has 0 N–H and O–H groups in total. The number of para-hydroxylation sites is 1. The Morgan fingerprint density at radius 3 is 2.62 bits per heavy atom. The molecule has 5 heteroatoms. The first-order chi connectivity index (χ1) is 11.8. The molecule has 1 aromatic rings. The summed E-state index contributed by atoms with van der Waals surface area (Å²) in [7, 11) is 0. The molecule has 3 heterocycles. The molecule has 130 valence electrons. The molecule has 2 fully saturated rings. The standard InChI is InChI=1S/C19H26N2O3/c22-19-21(10-12-24-19)17-5-8-20(9-6-17)14-15-7-11-23-18-4-2-1-3-16(18)13-15/h1-4,15,17H,5-14H2/t15-/m0/s1. The first-order valence-electron chi connectivity index (χ1n) is 9.16. The van der Waals surface area contributed by atoms with E-state index in [0.717, 1.165) is 64.2 Å². The van der Waals surface area contributed by atoms with Gasteiger partial charge in [-0.25, -0.2) is 4.79 Å². The van der Waals surface area contributed by atoms with Gasteiger partial charge < -0.3 is 19.3 Å². The number of carbonyl (C=O) groups excluding carboxylic acids is 1. The molecule has 24 heavy (non-hydrogen) atoms. The number of fused-ring (bicyclic) bond motifs is 1. The second kappa shape index (κ2) is 7.01. The van der Waals surface area contributed by atoms with Gasteiger partial charge in [-0.15, -0.1) is 0 Å². The number of cyclic esters (lactones) is 1. The second-order valence-electron chi connectivity index (χ2n) is 7.15. The van der Waals surface area contributed by atoms with Gasteiger partial charge in [-0.05, 0) is 43.2 Å². The van der Waals surface area contributed by atoms with Crippen LogP contribution >= 0.6 is 0 Å². The van der Waals surface area contributed by atoms with Crippen molar-refractivity contribution in [3.63, 3.8) is 0 Å². The summed E-state index contributed by atoms with van der Waals surface area (Å²) in [6.45, 7) is 5.42. The SMILES string of the molecule is O=C1OCCN1C1CCN(C[C@H]2CCOc3ccccc3C2)CC1. The Morgan fingerprint density at radius 1 is 1.00 bits per heavy atom. The van der Waals surface area contributed by atoms with Crippen LogP contribution in [0.15, 0.2) is 24.3 Å². The lowest BCUT2D eigenvalue weighted by atomic mass is 9.95. The van der Waals surface area contributed by atoms with E-state index in [-0.39, 0.29) is 6.09 Å². The van der Waals surface area contributed by atoms with Crippen molar-refractivity contribution in [2.24, 2.45) is 5.92 Å². The summed E-state index contributed by atoms with van der Waals surface area (Å²) < 4.78 is 11.0. The number of nitrogens with zero attached hydrogens (tertiary/aromatic N) is 2. The summed E-state index contributed by atoms with van der Waals surface area (Å²) in [5, 5.41) is 0. The van der Waals surface area contributed by atoms with Crippen molar-refractivity contribution in [1.82, 2.24) is 9.80 Å². The zero-order valence-electron chi connectivity index (χ0n) is 14.2. The van der Waals surface area contributed by atoms with Crippen LogP contribution in [0, 0.1) is 5.92 Å². The number of rotatable bonds is 3. The quantitative estimate of drug-likeness (QED) is 0.854. The van der Waals surface area contributed by atoms with Crippen LogP contribution in [0.1, 0.15) is 24.8 Å². The third kappa shape index (κ3) is 3.36. The average Bonchev–Trinajstić information content (AvgIpc) is 2.92. The highest BCUT2D eigenvalue weighted by Gasteiger charge is 2.32. The van der Waals surface area contributed by atoms with Crippen molar-refractivity contribution < 1.29 is 14.3 Å². The van der Waals surface area contributed by atoms with Crippen molar-refractivity contribution in [3.8, 4) is 5.75 Å². The molecule has 1 amide bonds. The fourth-order valence-corrected chi connectivity index (χ4v) is 4.23. The molecule has 3 aliphatic heterocycles. The minimum Gasteiger partial charge on any atom is -0.493 e. The van der Waals surface area contributed by atoms with Crippen LogP contribution in [-0.2, 0) is 11.2 Å². The minimum absolute atomic E-state index is 0.119. The number of hydrogen-bond donors (Lipinski definition) is 0. The van der Waals surface area contributed by atoms with Gasteiger partial charge in [0, 0.05) is 25.7 Å². The predicted octanol–water partition coefficient (Wildman–Crippen LogP) is 2.54. The van der Waals surface area contributed by atoms with Crippen LogP contribution in [0.2, 0.25) is 0 Å². The number of benzene rings is 1. The van der Waals surface area contributed by atoms with Crippen molar-refractivity contribution in [2.75, 3.05) is 39.4 Å². The van der Waals surface area contributed by atoms with E-state index in [4.69, 9.17) is 9.47 Å². The lowest BCUT2D eigenvalue weighted by Crippen LogP contribution is -2.46. The van der Waals surface area contributed by atoms with Crippen LogP contribution in [0.25, 0.3) is 0 Å². The van der Waals surface area contributed by atoms with E-state index in [9.17, 15) is 4.79 Å². The van der Waals surface area contributed by atoms with E-state index in [2.05, 4.69) is 23.1 Å². The molecular weight excluding hydrogens is 304 g/mol. The number of piperidine rings is 1. The van der Waals surface area contributed by atoms with Gasteiger partial charge in [0.15, 0.2) is 0 Å². The van der Waals surface area contributed by atoms with Gasteiger partial charge in [-0.3, -0.25) is 0 Å². The van der Waals surface area contributed by atoms with Gasteiger partial charge >= 0.3 is 6.09 Å². The molecule has 0 aromatic heterocycles. The average molecular weight is 330 g/mol. The predicted molar refractivity (Wildman–Crippen MR) is 91.3 cm³/mol. The number of ether oxygens (including phenoxy) is 2. The third-order valence-electron chi connectivity index (χ3n) is 5.57. The summed E-state index contributed by atoms with van der Waals surface area (Å²) in [5.41, 5.74) is 1.34. The van der Waals surface area contributed by atoms with Gasteiger partial charge in [0.05, 0.1) is 13.2 Å². The molecular formula is C19H26N2O3. The van der Waals surface area contributed by atoms with Crippen LogP contribution in [0.4, 0.5) is 4.79 Å². The molecule has 3 aliphatic rings. The van der Waals surface area contributed by atoms with Gasteiger partial charge in [0.1, 0.15) is 12.4 Å². The van der Waals surface area contributed by atoms with Gasteiger partial charge in [0.2, 0.25) is 0 Å². The molecule has 0 radical (unpaired) electrons. The lowest BCUT2D eigenvalue weighted by Gasteiger charge is -2.36. The largest absolute Gasteiger partial charge is 0.493 e. The Morgan fingerprint density at radius 2 is 1.83 bits per heavy atom. The highest BCUT2D eigenvalue weighted by Crippen LogP contribution is 2.28. The van der Waals surface area contributed by atoms with Crippen molar-refractivity contribution in [1.29, 1.82) is 0 Å². The highest BCUT2D eigenvalue weighted by atomic mass is 16.6. The minimum atomic E-state index is -0.119. The zero-order valence-corrected chi connectivity index (χ0v) is 14.2. The van der Waals surface area contributed by atoms with E-state index < -0.39 is 0 Å². The molecule has 2 saturated heterocycles. The summed E-state index contributed by atoms with van der Waals surface area (Å²) in [6.07, 6.45) is 4.23. The Kier molecular flexibility index (Phi) is 4.60. The third-order valence-corrected chi connectivity index (χ3v) is 5.57. The van der Waals surface area contributed by atoms with Gasteiger partial charge in [0.25, 0.3) is 0 Å². The number of hydrogen-bond acceptors (Lipinski definition) is 4. The summed E-state index contributed by atoms with van der Waals surface area (Å²) >= 11 is 0. The van der Waals surface area contributed by atoms with E-state index in [1.54, 1.807) is 0 Å². The molecule has 5 nitrogen and oxygen atoms in total. The summed E-state index contributed by atoms with van der Waals surface area (Å²) in [6, 6.07) is 8.80. The maximum atomic E-state index is 11.7. The zero-order chi connectivity index (χ0) is 16.4. The maximum Gasteiger partial charge on any atom is 0.410 e. The first kappa shape index (κ1) is 15.8. The fourth-order valence-electron chi connectivity index (χ4n) is 4.23. The summed E-state index contributed by atoms with van der Waals surface area (Å²) in [4.78, 5) is 16.2. The van der Waals surface area contributed by atoms with Crippen LogP contribution < -0.4 is 4.74 Å². The van der Waals surface area contributed by atoms with E-state index in [1.165, 1.54) is 5.56 Å². The Balaban J connectivity index is 1.30. The first-order valence-corrected chi connectivity index (χ1v) is 9.16. The van der Waals surface area contributed by atoms with Crippen LogP contribution in [-0.4, -0.2) is 61.3 Å². The van der Waals surface area contributed by atoms with E-state index in [1.807, 2.05) is 11.0 Å². The fraction of sp³-hybridized carbons (Fsp3) is 0.632.